The summed E-state index contributed by atoms with van der Waals surface area (Å²) in [6.07, 6.45) is 8.02. The molecule has 0 heterocycles. The van der Waals surface area contributed by atoms with Crippen LogP contribution in [0.1, 0.15) is 58.8 Å². The first-order chi connectivity index (χ1) is 9.14. The van der Waals surface area contributed by atoms with Gasteiger partial charge in [-0.1, -0.05) is 19.8 Å². The van der Waals surface area contributed by atoms with Crippen LogP contribution in [0.2, 0.25) is 0 Å². The third-order valence-corrected chi connectivity index (χ3v) is 4.67. The Hall–Kier alpha value is -0.0400. The first kappa shape index (κ1) is 18.0. The molecule has 0 aromatic rings. The van der Waals surface area contributed by atoms with E-state index in [4.69, 9.17) is 4.99 Å². The van der Waals surface area contributed by atoms with Gasteiger partial charge in [-0.25, -0.2) is 0 Å². The molecular formula is C15H30IN3O. The van der Waals surface area contributed by atoms with Crippen LogP contribution in [0.5, 0.6) is 0 Å². The van der Waals surface area contributed by atoms with E-state index in [0.717, 1.165) is 38.3 Å². The molecule has 0 spiro atoms. The lowest BCUT2D eigenvalue weighted by molar-refractivity contribution is 0.00715. The lowest BCUT2D eigenvalue weighted by Gasteiger charge is -2.37. The summed E-state index contributed by atoms with van der Waals surface area (Å²) in [5.41, 5.74) is -0.0415. The normalized spacial score (nSPS) is 31.1. The van der Waals surface area contributed by atoms with Gasteiger partial charge in [0.1, 0.15) is 0 Å². The molecule has 2 rings (SSSR count). The van der Waals surface area contributed by atoms with E-state index in [-0.39, 0.29) is 35.5 Å². The Morgan fingerprint density at radius 3 is 2.55 bits per heavy atom. The fourth-order valence-corrected chi connectivity index (χ4v) is 2.89. The predicted molar refractivity (Wildman–Crippen MR) is 94.8 cm³/mol. The minimum Gasteiger partial charge on any atom is -0.392 e. The molecule has 0 saturated heterocycles. The van der Waals surface area contributed by atoms with Crippen molar-refractivity contribution in [1.82, 2.24) is 10.6 Å². The van der Waals surface area contributed by atoms with Crippen molar-refractivity contribution >= 4 is 29.9 Å². The van der Waals surface area contributed by atoms with E-state index in [9.17, 15) is 5.11 Å². The minimum absolute atomic E-state index is 0. The van der Waals surface area contributed by atoms with Crippen LogP contribution in [-0.4, -0.2) is 36.3 Å². The van der Waals surface area contributed by atoms with Crippen molar-refractivity contribution in [1.29, 1.82) is 0 Å². The van der Waals surface area contributed by atoms with E-state index in [0.29, 0.717) is 6.04 Å². The van der Waals surface area contributed by atoms with Crippen LogP contribution in [0.4, 0.5) is 0 Å². The molecule has 2 fully saturated rings. The molecule has 2 unspecified atom stereocenters. The zero-order chi connectivity index (χ0) is 13.7. The average Bonchev–Trinajstić information content (AvgIpc) is 2.34. The second-order valence-electron chi connectivity index (χ2n) is 6.38. The van der Waals surface area contributed by atoms with E-state index in [1.165, 1.54) is 25.7 Å². The number of nitrogens with zero attached hydrogens (tertiary/aromatic N) is 1. The van der Waals surface area contributed by atoms with Crippen LogP contribution in [0.3, 0.4) is 0 Å². The third kappa shape index (κ3) is 4.76. The Bertz CT molecular complexity index is 320. The molecule has 2 aliphatic rings. The number of rotatable bonds is 4. The van der Waals surface area contributed by atoms with Gasteiger partial charge in [0.2, 0.25) is 0 Å². The standard InChI is InChI=1S/C15H29N3O.HI/c1-3-16-14(18-12-7-6-8-12)17-11-15(2)10-5-4-9-13(15)19;/h12-13,19H,3-11H2,1-2H3,(H2,16,17,18);1H. The number of aliphatic hydroxyl groups is 1. The highest BCUT2D eigenvalue weighted by Gasteiger charge is 2.35. The van der Waals surface area contributed by atoms with E-state index in [1.54, 1.807) is 0 Å². The van der Waals surface area contributed by atoms with Crippen LogP contribution in [0.15, 0.2) is 4.99 Å². The maximum absolute atomic E-state index is 10.2. The van der Waals surface area contributed by atoms with Crippen molar-refractivity contribution < 1.29 is 5.11 Å². The number of halogens is 1. The Morgan fingerprint density at radius 1 is 1.25 bits per heavy atom. The Kier molecular flexibility index (Phi) is 7.58. The summed E-state index contributed by atoms with van der Waals surface area (Å²) in [7, 11) is 0. The van der Waals surface area contributed by atoms with Gasteiger partial charge in [-0.3, -0.25) is 4.99 Å². The maximum atomic E-state index is 10.2. The SMILES string of the molecule is CCNC(=NCC1(C)CCCCC1O)NC1CCC1.I. The van der Waals surface area contributed by atoms with Crippen LogP contribution in [0, 0.1) is 5.41 Å². The first-order valence-electron chi connectivity index (χ1n) is 7.87. The van der Waals surface area contributed by atoms with E-state index in [1.807, 2.05) is 0 Å². The van der Waals surface area contributed by atoms with Gasteiger partial charge in [-0.2, -0.15) is 0 Å². The molecule has 0 bridgehead atoms. The predicted octanol–water partition coefficient (Wildman–Crippen LogP) is 2.65. The summed E-state index contributed by atoms with van der Waals surface area (Å²) >= 11 is 0. The van der Waals surface area contributed by atoms with Crippen molar-refractivity contribution in [2.45, 2.75) is 70.9 Å². The van der Waals surface area contributed by atoms with Crippen LogP contribution in [-0.2, 0) is 0 Å². The van der Waals surface area contributed by atoms with Gasteiger partial charge in [0.25, 0.3) is 0 Å². The van der Waals surface area contributed by atoms with Crippen molar-refractivity contribution in [3.63, 3.8) is 0 Å². The zero-order valence-electron chi connectivity index (χ0n) is 12.8. The molecule has 118 valence electrons. The lowest BCUT2D eigenvalue weighted by Crippen LogP contribution is -2.47. The number of hydrogen-bond donors (Lipinski definition) is 3. The van der Waals surface area contributed by atoms with Crippen molar-refractivity contribution in [3.8, 4) is 0 Å². The molecule has 2 saturated carbocycles. The fraction of sp³-hybridized carbons (Fsp3) is 0.933. The summed E-state index contributed by atoms with van der Waals surface area (Å²) in [6, 6.07) is 0.599. The molecule has 0 radical (unpaired) electrons. The molecule has 4 nitrogen and oxygen atoms in total. The van der Waals surface area contributed by atoms with Crippen LogP contribution < -0.4 is 10.6 Å². The van der Waals surface area contributed by atoms with E-state index < -0.39 is 0 Å². The summed E-state index contributed by atoms with van der Waals surface area (Å²) in [4.78, 5) is 4.72. The molecule has 0 aromatic heterocycles. The monoisotopic (exact) mass is 395 g/mol. The highest BCUT2D eigenvalue weighted by Crippen LogP contribution is 2.36. The first-order valence-corrected chi connectivity index (χ1v) is 7.87. The number of hydrogen-bond acceptors (Lipinski definition) is 2. The molecule has 0 aromatic carbocycles. The zero-order valence-corrected chi connectivity index (χ0v) is 15.2. The largest absolute Gasteiger partial charge is 0.392 e. The fourth-order valence-electron chi connectivity index (χ4n) is 2.89. The highest BCUT2D eigenvalue weighted by atomic mass is 127. The highest BCUT2D eigenvalue weighted by molar-refractivity contribution is 14.0. The molecule has 3 N–H and O–H groups in total. The minimum atomic E-state index is -0.198. The average molecular weight is 395 g/mol. The Morgan fingerprint density at radius 2 is 2.00 bits per heavy atom. The molecule has 2 aliphatic carbocycles. The topological polar surface area (TPSA) is 56.7 Å². The number of aliphatic imine (C=N–C) groups is 1. The number of aliphatic hydroxyl groups excluding tert-OH is 1. The van der Waals surface area contributed by atoms with Crippen LogP contribution >= 0.6 is 24.0 Å². The van der Waals surface area contributed by atoms with Gasteiger partial charge in [0, 0.05) is 18.0 Å². The Balaban J connectivity index is 0.00000200. The third-order valence-electron chi connectivity index (χ3n) is 4.67. The van der Waals surface area contributed by atoms with Gasteiger partial charge >= 0.3 is 0 Å². The van der Waals surface area contributed by atoms with Gasteiger partial charge in [0.05, 0.1) is 12.6 Å². The number of nitrogens with one attached hydrogen (secondary N) is 2. The van der Waals surface area contributed by atoms with Crippen molar-refractivity contribution in [2.75, 3.05) is 13.1 Å². The van der Waals surface area contributed by atoms with Gasteiger partial charge in [-0.15, -0.1) is 24.0 Å². The smallest absolute Gasteiger partial charge is 0.191 e. The summed E-state index contributed by atoms with van der Waals surface area (Å²) in [6.45, 7) is 5.87. The van der Waals surface area contributed by atoms with Gasteiger partial charge < -0.3 is 15.7 Å². The molecule has 0 aliphatic heterocycles. The van der Waals surface area contributed by atoms with Crippen molar-refractivity contribution in [2.24, 2.45) is 10.4 Å². The maximum Gasteiger partial charge on any atom is 0.191 e. The summed E-state index contributed by atoms with van der Waals surface area (Å²) < 4.78 is 0. The lowest BCUT2D eigenvalue weighted by atomic mass is 9.73. The van der Waals surface area contributed by atoms with Crippen LogP contribution in [0.25, 0.3) is 0 Å². The summed E-state index contributed by atoms with van der Waals surface area (Å²) in [5.74, 6) is 0.922. The van der Waals surface area contributed by atoms with E-state index in [2.05, 4.69) is 24.5 Å². The second kappa shape index (κ2) is 8.41. The molecule has 2 atom stereocenters. The quantitative estimate of drug-likeness (QED) is 0.390. The molecule has 5 heteroatoms. The second-order valence-corrected chi connectivity index (χ2v) is 6.38. The number of guanidine groups is 1. The van der Waals surface area contributed by atoms with Crippen molar-refractivity contribution in [3.05, 3.63) is 0 Å². The molecule has 0 amide bonds. The Labute approximate surface area is 140 Å². The van der Waals surface area contributed by atoms with Gasteiger partial charge in [0.15, 0.2) is 5.96 Å². The molecule has 20 heavy (non-hydrogen) atoms. The van der Waals surface area contributed by atoms with E-state index >= 15 is 0 Å². The summed E-state index contributed by atoms with van der Waals surface area (Å²) in [5, 5.41) is 17.0. The molecular weight excluding hydrogens is 365 g/mol. The van der Waals surface area contributed by atoms with Gasteiger partial charge in [-0.05, 0) is 39.0 Å².